The molecule has 1 fully saturated rings. The first-order valence-electron chi connectivity index (χ1n) is 14.6. The average molecular weight is 604 g/mol. The second-order valence-corrected chi connectivity index (χ2v) is 12.0. The highest BCUT2D eigenvalue weighted by atomic mass is 35.5. The molecule has 0 spiro atoms. The molecule has 2 heterocycles. The van der Waals surface area contributed by atoms with Gasteiger partial charge in [-0.15, -0.1) is 0 Å². The Morgan fingerprint density at radius 2 is 1.55 bits per heavy atom. The minimum Gasteiger partial charge on any atom is -0.346 e. The number of benzene rings is 3. The number of carbonyl (C=O) groups excluding carboxylic acids is 2. The Morgan fingerprint density at radius 3 is 2.19 bits per heavy atom. The maximum atomic E-state index is 12.7. The number of carbonyl (C=O) groups is 2. The predicted molar refractivity (Wildman–Crippen MR) is 172 cm³/mol. The van der Waals surface area contributed by atoms with Crippen LogP contribution in [0.15, 0.2) is 64.6 Å². The Hall–Kier alpha value is -3.32. The lowest BCUT2D eigenvalue weighted by Crippen LogP contribution is -2.41. The summed E-state index contributed by atoms with van der Waals surface area (Å²) in [4.78, 5) is 33.8. The van der Waals surface area contributed by atoms with E-state index in [4.69, 9.17) is 28.9 Å². The van der Waals surface area contributed by atoms with Crippen LogP contribution in [0.3, 0.4) is 0 Å². The van der Waals surface area contributed by atoms with Gasteiger partial charge in [0.05, 0.1) is 17.4 Å². The Balaban J connectivity index is 0.000000244. The van der Waals surface area contributed by atoms with Gasteiger partial charge in [-0.05, 0) is 79.5 Å². The monoisotopic (exact) mass is 602 g/mol. The fourth-order valence-corrected chi connectivity index (χ4v) is 6.49. The first-order valence-corrected chi connectivity index (χ1v) is 15.3. The van der Waals surface area contributed by atoms with Gasteiger partial charge in [-0.1, -0.05) is 53.5 Å². The number of nitrogens with zero attached hydrogens (tertiary/aromatic N) is 2. The number of Topliss-reactive ketones (excluding diaryl/α,β-unsaturated/α-hetero) is 1. The van der Waals surface area contributed by atoms with Gasteiger partial charge in [-0.3, -0.25) is 19.6 Å². The van der Waals surface area contributed by atoms with Crippen LogP contribution in [0, 0.1) is 5.92 Å². The smallest absolute Gasteiger partial charge is 0.223 e. The van der Waals surface area contributed by atoms with Crippen molar-refractivity contribution in [2.75, 3.05) is 0 Å². The lowest BCUT2D eigenvalue weighted by atomic mass is 9.96. The third-order valence-corrected chi connectivity index (χ3v) is 9.00. The molecule has 1 saturated carbocycles. The van der Waals surface area contributed by atoms with Gasteiger partial charge in [0, 0.05) is 65.3 Å². The maximum Gasteiger partial charge on any atom is 0.223 e. The lowest BCUT2D eigenvalue weighted by Gasteiger charge is -2.17. The molecule has 218 valence electrons. The maximum absolute atomic E-state index is 12.7. The Bertz CT molecular complexity index is 1520. The summed E-state index contributed by atoms with van der Waals surface area (Å²) in [6.07, 6.45) is 9.06. The summed E-state index contributed by atoms with van der Waals surface area (Å²) >= 11 is 12.3. The molecule has 2 aliphatic heterocycles. The Labute approximate surface area is 257 Å². The summed E-state index contributed by atoms with van der Waals surface area (Å²) in [6.45, 7) is 2.30. The van der Waals surface area contributed by atoms with E-state index >= 15 is 0 Å². The van der Waals surface area contributed by atoms with Gasteiger partial charge in [-0.2, -0.15) is 0 Å². The number of ketones is 1. The predicted octanol–water partition coefficient (Wildman–Crippen LogP) is 7.25. The quantitative estimate of drug-likeness (QED) is 0.284. The van der Waals surface area contributed by atoms with Crippen molar-refractivity contribution in [2.45, 2.75) is 70.4 Å². The minimum atomic E-state index is -0.476. The van der Waals surface area contributed by atoms with E-state index in [0.717, 1.165) is 70.8 Å². The second-order valence-electron chi connectivity index (χ2n) is 11.2. The van der Waals surface area contributed by atoms with Crippen LogP contribution in [0.2, 0.25) is 10.0 Å². The molecule has 0 radical (unpaired) electrons. The molecule has 1 amide bonds. The van der Waals surface area contributed by atoms with Gasteiger partial charge in [-0.25, -0.2) is 0 Å². The first kappa shape index (κ1) is 30.1. The number of aliphatic imine (C=N–C) groups is 2. The standard InChI is InChI=1S/C25H27ClN2O2.C9H9ClN2/c1-16(24(29)10-7-17-13-22(26)21-11-12-27-23(21)14-17)28-25(30)20-9-8-19(15-20)18-5-3-2-4-6-18;10-8-3-6(5-11)4-9-7(8)1-2-12-9/h2-6,12-14,16,19-20H,7-11,15H2,1H3,(H,28,30);2-4H,1,5,11H2/t16-,19+,20+;/m0./s1. The zero-order valence-corrected chi connectivity index (χ0v) is 25.3. The summed E-state index contributed by atoms with van der Waals surface area (Å²) in [5, 5.41) is 4.44. The summed E-state index contributed by atoms with van der Waals surface area (Å²) in [5.41, 5.74) is 12.9. The number of aryl methyl sites for hydroxylation is 1. The van der Waals surface area contributed by atoms with Crippen molar-refractivity contribution < 1.29 is 9.59 Å². The highest BCUT2D eigenvalue weighted by molar-refractivity contribution is 6.32. The second kappa shape index (κ2) is 13.8. The van der Waals surface area contributed by atoms with Gasteiger partial charge in [0.25, 0.3) is 0 Å². The van der Waals surface area contributed by atoms with E-state index in [-0.39, 0.29) is 17.6 Å². The largest absolute Gasteiger partial charge is 0.346 e. The summed E-state index contributed by atoms with van der Waals surface area (Å²) in [5.74, 6) is 0.462. The zero-order chi connectivity index (χ0) is 29.6. The van der Waals surface area contributed by atoms with E-state index in [0.29, 0.717) is 30.3 Å². The molecular weight excluding hydrogens is 567 g/mol. The summed E-state index contributed by atoms with van der Waals surface area (Å²) in [7, 11) is 0. The molecular formula is C34H36Cl2N4O2. The van der Waals surface area contributed by atoms with Crippen molar-refractivity contribution in [2.24, 2.45) is 21.6 Å². The van der Waals surface area contributed by atoms with Crippen LogP contribution >= 0.6 is 23.2 Å². The van der Waals surface area contributed by atoms with Crippen molar-refractivity contribution in [3.63, 3.8) is 0 Å². The zero-order valence-electron chi connectivity index (χ0n) is 23.8. The number of fused-ring (bicyclic) bond motifs is 2. The number of nitrogens with two attached hydrogens (primary N) is 1. The molecule has 3 atom stereocenters. The van der Waals surface area contributed by atoms with Gasteiger partial charge in [0.1, 0.15) is 0 Å². The molecule has 0 bridgehead atoms. The molecule has 8 heteroatoms. The minimum absolute atomic E-state index is 0.00388. The highest BCUT2D eigenvalue weighted by Crippen LogP contribution is 2.38. The molecule has 0 aromatic heterocycles. The SMILES string of the molecule is C[C@H](NC(=O)[C@@H]1CC[C@@H](c2ccccc2)C1)C(=O)CCc1cc(Cl)c2c(c1)N=CC2.NCc1cc(Cl)c2c(c1)N=CC2. The number of nitrogens with one attached hydrogen (secondary N) is 1. The first-order chi connectivity index (χ1) is 20.3. The molecule has 0 unspecified atom stereocenters. The lowest BCUT2D eigenvalue weighted by molar-refractivity contribution is -0.129. The van der Waals surface area contributed by atoms with Crippen molar-refractivity contribution in [3.05, 3.63) is 92.5 Å². The van der Waals surface area contributed by atoms with E-state index in [1.54, 1.807) is 6.92 Å². The van der Waals surface area contributed by atoms with E-state index < -0.39 is 6.04 Å². The van der Waals surface area contributed by atoms with Gasteiger partial charge < -0.3 is 11.1 Å². The Kier molecular flexibility index (Phi) is 9.88. The fraction of sp³-hybridized carbons (Fsp3) is 0.353. The van der Waals surface area contributed by atoms with Crippen LogP contribution in [-0.2, 0) is 35.4 Å². The molecule has 3 aromatic carbocycles. The van der Waals surface area contributed by atoms with Crippen LogP contribution in [0.4, 0.5) is 11.4 Å². The van der Waals surface area contributed by atoms with Crippen LogP contribution in [-0.4, -0.2) is 30.2 Å². The van der Waals surface area contributed by atoms with Gasteiger partial charge >= 0.3 is 0 Å². The highest BCUT2D eigenvalue weighted by Gasteiger charge is 2.31. The summed E-state index contributed by atoms with van der Waals surface area (Å²) in [6, 6.07) is 17.7. The van der Waals surface area contributed by atoms with Crippen LogP contribution in [0.25, 0.3) is 0 Å². The van der Waals surface area contributed by atoms with E-state index in [9.17, 15) is 9.59 Å². The number of halogens is 2. The molecule has 42 heavy (non-hydrogen) atoms. The molecule has 6 nitrogen and oxygen atoms in total. The fourth-order valence-electron chi connectivity index (χ4n) is 5.86. The van der Waals surface area contributed by atoms with Crippen molar-refractivity contribution >= 4 is 58.7 Å². The van der Waals surface area contributed by atoms with E-state index in [1.807, 2.05) is 54.9 Å². The number of hydrogen-bond acceptors (Lipinski definition) is 5. The van der Waals surface area contributed by atoms with Crippen molar-refractivity contribution in [1.29, 1.82) is 0 Å². The third kappa shape index (κ3) is 7.17. The topological polar surface area (TPSA) is 96.9 Å². The average Bonchev–Trinajstić information content (AvgIpc) is 3.78. The number of rotatable bonds is 8. The Morgan fingerprint density at radius 1 is 0.929 bits per heavy atom. The number of amides is 1. The normalized spacial score (nSPS) is 18.7. The van der Waals surface area contributed by atoms with Crippen molar-refractivity contribution in [1.82, 2.24) is 5.32 Å². The van der Waals surface area contributed by atoms with Crippen LogP contribution in [0.5, 0.6) is 0 Å². The third-order valence-electron chi connectivity index (χ3n) is 8.33. The molecule has 0 saturated heterocycles. The summed E-state index contributed by atoms with van der Waals surface area (Å²) < 4.78 is 0. The molecule has 1 aliphatic carbocycles. The number of hydrogen-bond donors (Lipinski definition) is 2. The molecule has 3 N–H and O–H groups in total. The van der Waals surface area contributed by atoms with Crippen LogP contribution in [0.1, 0.15) is 66.3 Å². The molecule has 6 rings (SSSR count). The van der Waals surface area contributed by atoms with Gasteiger partial charge in [0.15, 0.2) is 5.78 Å². The van der Waals surface area contributed by atoms with E-state index in [2.05, 4.69) is 27.4 Å². The van der Waals surface area contributed by atoms with Gasteiger partial charge in [0.2, 0.25) is 5.91 Å². The van der Waals surface area contributed by atoms with Crippen LogP contribution < -0.4 is 11.1 Å². The molecule has 3 aromatic rings. The van der Waals surface area contributed by atoms with E-state index in [1.165, 1.54) is 5.56 Å². The molecule has 3 aliphatic rings. The van der Waals surface area contributed by atoms with Crippen molar-refractivity contribution in [3.8, 4) is 0 Å².